The average Bonchev–Trinajstić information content (AvgIpc) is 2.78. The summed E-state index contributed by atoms with van der Waals surface area (Å²) in [6.45, 7) is 4.51. The van der Waals surface area contributed by atoms with Crippen LogP contribution in [-0.2, 0) is 5.41 Å². The third-order valence-corrected chi connectivity index (χ3v) is 6.37. The molecule has 2 aliphatic rings. The molecule has 0 saturated carbocycles. The first-order valence-corrected chi connectivity index (χ1v) is 9.50. The first-order valence-electron chi connectivity index (χ1n) is 9.50. The quantitative estimate of drug-likeness (QED) is 0.396. The number of aryl methyl sites for hydroxylation is 2. The van der Waals surface area contributed by atoms with Crippen LogP contribution in [0.2, 0.25) is 0 Å². The predicted octanol–water partition coefficient (Wildman–Crippen LogP) is 6.85. The average molecular weight is 324 g/mol. The molecule has 2 aliphatic carbocycles. The van der Waals surface area contributed by atoms with Crippen LogP contribution in [0.4, 0.5) is 0 Å². The lowest BCUT2D eigenvalue weighted by molar-refractivity contribution is 0.463. The van der Waals surface area contributed by atoms with Gasteiger partial charge in [0.25, 0.3) is 0 Å². The number of benzene rings is 3. The minimum Gasteiger partial charge on any atom is -0.0885 e. The summed E-state index contributed by atoms with van der Waals surface area (Å²) in [6.07, 6.45) is 9.58. The molecule has 0 saturated heterocycles. The number of fused-ring (bicyclic) bond motifs is 7. The van der Waals surface area contributed by atoms with Crippen molar-refractivity contribution in [2.45, 2.75) is 44.9 Å². The third kappa shape index (κ3) is 2.00. The van der Waals surface area contributed by atoms with E-state index in [4.69, 9.17) is 0 Å². The smallest absolute Gasteiger partial charge is 0.0221 e. The van der Waals surface area contributed by atoms with Crippen molar-refractivity contribution in [1.82, 2.24) is 0 Å². The van der Waals surface area contributed by atoms with Gasteiger partial charge in [0.05, 0.1) is 0 Å². The molecule has 0 radical (unpaired) electrons. The molecule has 0 nitrogen and oxygen atoms in total. The van der Waals surface area contributed by atoms with Crippen LogP contribution in [0.25, 0.3) is 21.9 Å². The van der Waals surface area contributed by atoms with Gasteiger partial charge in [-0.3, -0.25) is 0 Å². The Morgan fingerprint density at radius 3 is 2.24 bits per heavy atom. The Bertz CT molecular complexity index is 1010. The molecule has 0 aromatic heterocycles. The van der Waals surface area contributed by atoms with Gasteiger partial charge in [-0.1, -0.05) is 66.2 Å². The molecule has 0 amide bonds. The minimum atomic E-state index is 0.189. The maximum atomic E-state index is 2.50. The Hall–Kier alpha value is -2.34. The monoisotopic (exact) mass is 324 g/mol. The van der Waals surface area contributed by atoms with Crippen LogP contribution in [-0.4, -0.2) is 0 Å². The van der Waals surface area contributed by atoms with Crippen molar-refractivity contribution in [2.75, 3.05) is 0 Å². The molecule has 0 heteroatoms. The second-order valence-corrected chi connectivity index (χ2v) is 7.84. The van der Waals surface area contributed by atoms with Crippen LogP contribution in [0.15, 0.2) is 60.7 Å². The first kappa shape index (κ1) is 15.0. The molecule has 0 fully saturated rings. The molecule has 25 heavy (non-hydrogen) atoms. The van der Waals surface area contributed by atoms with Gasteiger partial charge in [-0.15, -0.1) is 0 Å². The van der Waals surface area contributed by atoms with Gasteiger partial charge in [0.2, 0.25) is 0 Å². The summed E-state index contributed by atoms with van der Waals surface area (Å²) >= 11 is 0. The summed E-state index contributed by atoms with van der Waals surface area (Å²) in [7, 11) is 0. The highest BCUT2D eigenvalue weighted by Gasteiger charge is 2.43. The van der Waals surface area contributed by atoms with Crippen LogP contribution in [0.1, 0.15) is 47.9 Å². The zero-order chi connectivity index (χ0) is 17.0. The van der Waals surface area contributed by atoms with Gasteiger partial charge in [-0.05, 0) is 78.1 Å². The molecule has 124 valence electrons. The summed E-state index contributed by atoms with van der Waals surface area (Å²) in [5.41, 5.74) is 9.10. The van der Waals surface area contributed by atoms with Crippen molar-refractivity contribution < 1.29 is 0 Å². The molecular formula is C25H24. The van der Waals surface area contributed by atoms with Crippen LogP contribution in [0, 0.1) is 13.8 Å². The predicted molar refractivity (Wildman–Crippen MR) is 107 cm³/mol. The van der Waals surface area contributed by atoms with Crippen molar-refractivity contribution in [2.24, 2.45) is 0 Å². The van der Waals surface area contributed by atoms with Gasteiger partial charge >= 0.3 is 0 Å². The topological polar surface area (TPSA) is 0 Å². The summed E-state index contributed by atoms with van der Waals surface area (Å²) in [5, 5.41) is 2.83. The van der Waals surface area contributed by atoms with Gasteiger partial charge in [0, 0.05) is 5.41 Å². The largest absolute Gasteiger partial charge is 0.0885 e. The van der Waals surface area contributed by atoms with E-state index in [9.17, 15) is 0 Å². The Kier molecular flexibility index (Phi) is 3.19. The normalized spacial score (nSPS) is 17.5. The van der Waals surface area contributed by atoms with Crippen LogP contribution in [0.5, 0.6) is 0 Å². The second kappa shape index (κ2) is 5.33. The van der Waals surface area contributed by atoms with Gasteiger partial charge in [-0.25, -0.2) is 0 Å². The fourth-order valence-corrected chi connectivity index (χ4v) is 5.20. The maximum absolute atomic E-state index is 2.50. The molecule has 0 unspecified atom stereocenters. The van der Waals surface area contributed by atoms with Gasteiger partial charge in [0.1, 0.15) is 0 Å². The van der Waals surface area contributed by atoms with Gasteiger partial charge in [0.15, 0.2) is 0 Å². The standard InChI is InChI=1S/C25H24/c1-17-11-12-21-22(15-17)25(13-7-3-4-8-14-25)23-16-18(2)19-9-5-6-10-20(19)24(21)23/h3-6,9-12,15-16H,7-8,13-14H2,1-2H3. The molecule has 0 heterocycles. The van der Waals surface area contributed by atoms with Crippen molar-refractivity contribution in [3.8, 4) is 11.1 Å². The zero-order valence-corrected chi connectivity index (χ0v) is 15.1. The van der Waals surface area contributed by atoms with Crippen LogP contribution in [0.3, 0.4) is 0 Å². The second-order valence-electron chi connectivity index (χ2n) is 7.84. The Morgan fingerprint density at radius 2 is 1.48 bits per heavy atom. The molecule has 3 aromatic carbocycles. The van der Waals surface area contributed by atoms with Crippen molar-refractivity contribution in [3.63, 3.8) is 0 Å². The molecule has 3 aromatic rings. The lowest BCUT2D eigenvalue weighted by Crippen LogP contribution is -2.24. The highest BCUT2D eigenvalue weighted by Crippen LogP contribution is 2.56. The molecule has 1 spiro atoms. The van der Waals surface area contributed by atoms with E-state index < -0.39 is 0 Å². The van der Waals surface area contributed by atoms with E-state index in [0.29, 0.717) is 0 Å². The Balaban J connectivity index is 1.92. The molecule has 0 aliphatic heterocycles. The van der Waals surface area contributed by atoms with Crippen molar-refractivity contribution in [3.05, 3.63) is 82.9 Å². The summed E-state index contributed by atoms with van der Waals surface area (Å²) in [6, 6.07) is 18.6. The van der Waals surface area contributed by atoms with Crippen LogP contribution < -0.4 is 0 Å². The molecule has 0 N–H and O–H groups in total. The highest BCUT2D eigenvalue weighted by molar-refractivity contribution is 6.04. The molecular weight excluding hydrogens is 300 g/mol. The lowest BCUT2D eigenvalue weighted by Gasteiger charge is -2.31. The highest BCUT2D eigenvalue weighted by atomic mass is 14.5. The first-order chi connectivity index (χ1) is 12.2. The Labute approximate surface area is 150 Å². The SMILES string of the molecule is Cc1ccc2c(c1)C1(CCC=CCC1)c1cc(C)c3ccccc3c1-2. The molecule has 0 atom stereocenters. The third-order valence-electron chi connectivity index (χ3n) is 6.37. The minimum absolute atomic E-state index is 0.189. The Morgan fingerprint density at radius 1 is 0.760 bits per heavy atom. The van der Waals surface area contributed by atoms with E-state index in [1.807, 2.05) is 0 Å². The van der Waals surface area contributed by atoms with E-state index in [2.05, 4.69) is 74.5 Å². The lowest BCUT2D eigenvalue weighted by atomic mass is 9.71. The number of hydrogen-bond donors (Lipinski definition) is 0. The van der Waals surface area contributed by atoms with E-state index >= 15 is 0 Å². The number of allylic oxidation sites excluding steroid dienone is 2. The number of rotatable bonds is 0. The summed E-state index contributed by atoms with van der Waals surface area (Å²) in [4.78, 5) is 0. The fraction of sp³-hybridized carbons (Fsp3) is 0.280. The van der Waals surface area contributed by atoms with E-state index in [0.717, 1.165) is 0 Å². The summed E-state index contributed by atoms with van der Waals surface area (Å²) < 4.78 is 0. The van der Waals surface area contributed by atoms with E-state index in [1.165, 1.54) is 58.7 Å². The van der Waals surface area contributed by atoms with E-state index in [1.54, 1.807) is 11.1 Å². The van der Waals surface area contributed by atoms with Crippen molar-refractivity contribution >= 4 is 10.8 Å². The number of hydrogen-bond acceptors (Lipinski definition) is 0. The summed E-state index contributed by atoms with van der Waals surface area (Å²) in [5.74, 6) is 0. The van der Waals surface area contributed by atoms with Gasteiger partial charge in [-0.2, -0.15) is 0 Å². The van der Waals surface area contributed by atoms with Gasteiger partial charge < -0.3 is 0 Å². The van der Waals surface area contributed by atoms with E-state index in [-0.39, 0.29) is 5.41 Å². The maximum Gasteiger partial charge on any atom is 0.0221 e. The zero-order valence-electron chi connectivity index (χ0n) is 15.1. The van der Waals surface area contributed by atoms with Crippen LogP contribution >= 0.6 is 0 Å². The molecule has 5 rings (SSSR count). The molecule has 0 bridgehead atoms. The van der Waals surface area contributed by atoms with Crippen molar-refractivity contribution in [1.29, 1.82) is 0 Å². The fourth-order valence-electron chi connectivity index (χ4n) is 5.20.